The fourth-order valence-corrected chi connectivity index (χ4v) is 3.32. The predicted molar refractivity (Wildman–Crippen MR) is 123 cm³/mol. The van der Waals surface area contributed by atoms with Crippen molar-refractivity contribution in [2.24, 2.45) is 11.0 Å². The van der Waals surface area contributed by atoms with Crippen molar-refractivity contribution in [3.8, 4) is 11.5 Å². The van der Waals surface area contributed by atoms with Gasteiger partial charge in [-0.2, -0.15) is 5.10 Å². The average Bonchev–Trinajstić information content (AvgIpc) is 3.24. The SMILES string of the molecule is Cc1cc2c(cc1/C=N\NC(=O)[C@H](CC(C)C)NC(=O)c1cc([N+](=O)[O-])cc([N+](=O)[O-])c1)OCO2. The van der Waals surface area contributed by atoms with Crippen LogP contribution in [-0.2, 0) is 4.79 Å². The molecule has 1 aliphatic rings. The Morgan fingerprint density at radius 3 is 2.23 bits per heavy atom. The maximum absolute atomic E-state index is 12.8. The van der Waals surface area contributed by atoms with Gasteiger partial charge in [-0.1, -0.05) is 13.8 Å². The largest absolute Gasteiger partial charge is 0.454 e. The normalized spacial score (nSPS) is 13.0. The molecule has 0 spiro atoms. The maximum Gasteiger partial charge on any atom is 0.277 e. The summed E-state index contributed by atoms with van der Waals surface area (Å²) < 4.78 is 10.6. The Bertz CT molecular complexity index is 1180. The maximum atomic E-state index is 12.8. The Balaban J connectivity index is 1.75. The number of nitro groups is 2. The van der Waals surface area contributed by atoms with Gasteiger partial charge in [0.05, 0.1) is 27.7 Å². The number of rotatable bonds is 9. The van der Waals surface area contributed by atoms with E-state index < -0.39 is 39.1 Å². The van der Waals surface area contributed by atoms with Gasteiger partial charge in [0.15, 0.2) is 11.5 Å². The van der Waals surface area contributed by atoms with Crippen LogP contribution in [0.5, 0.6) is 11.5 Å². The molecule has 0 bridgehead atoms. The Morgan fingerprint density at radius 1 is 1.06 bits per heavy atom. The molecule has 13 nitrogen and oxygen atoms in total. The minimum absolute atomic E-state index is 0.00872. The van der Waals surface area contributed by atoms with Gasteiger partial charge in [-0.25, -0.2) is 5.43 Å². The van der Waals surface area contributed by atoms with Crippen molar-refractivity contribution in [1.29, 1.82) is 0 Å². The number of carbonyl (C=O) groups is 2. The van der Waals surface area contributed by atoms with E-state index in [9.17, 15) is 29.8 Å². The predicted octanol–water partition coefficient (Wildman–Crippen LogP) is 2.83. The molecule has 0 fully saturated rings. The minimum Gasteiger partial charge on any atom is -0.454 e. The number of hydrazone groups is 1. The zero-order chi connectivity index (χ0) is 25.7. The second-order valence-electron chi connectivity index (χ2n) is 8.20. The first-order valence-electron chi connectivity index (χ1n) is 10.5. The van der Waals surface area contributed by atoms with E-state index in [1.807, 2.05) is 20.8 Å². The van der Waals surface area contributed by atoms with Gasteiger partial charge in [0, 0.05) is 17.7 Å². The van der Waals surface area contributed by atoms with Gasteiger partial charge in [-0.15, -0.1) is 0 Å². The van der Waals surface area contributed by atoms with Crippen LogP contribution in [0.2, 0.25) is 0 Å². The van der Waals surface area contributed by atoms with Gasteiger partial charge in [-0.3, -0.25) is 29.8 Å². The molecule has 2 amide bonds. The molecule has 0 aliphatic carbocycles. The number of nitrogens with one attached hydrogen (secondary N) is 2. The molecular formula is C22H23N5O8. The Kier molecular flexibility index (Phi) is 7.59. The third kappa shape index (κ3) is 6.28. The van der Waals surface area contributed by atoms with Gasteiger partial charge in [0.1, 0.15) is 6.04 Å². The molecule has 3 rings (SSSR count). The fraction of sp³-hybridized carbons (Fsp3) is 0.318. The van der Waals surface area contributed by atoms with E-state index in [1.165, 1.54) is 6.21 Å². The van der Waals surface area contributed by atoms with Gasteiger partial charge >= 0.3 is 0 Å². The number of benzene rings is 2. The Labute approximate surface area is 199 Å². The summed E-state index contributed by atoms with van der Waals surface area (Å²) in [5.41, 5.74) is 2.36. The lowest BCUT2D eigenvalue weighted by atomic mass is 10.0. The highest BCUT2D eigenvalue weighted by atomic mass is 16.7. The Hall–Kier alpha value is -4.55. The minimum atomic E-state index is -1.05. The second-order valence-corrected chi connectivity index (χ2v) is 8.20. The van der Waals surface area contributed by atoms with E-state index >= 15 is 0 Å². The van der Waals surface area contributed by atoms with Crippen LogP contribution in [0.25, 0.3) is 0 Å². The number of aryl methyl sites for hydroxylation is 1. The van der Waals surface area contributed by atoms with E-state index in [1.54, 1.807) is 12.1 Å². The van der Waals surface area contributed by atoms with Crippen molar-refractivity contribution in [3.63, 3.8) is 0 Å². The number of nitrogens with zero attached hydrogens (tertiary/aromatic N) is 3. The van der Waals surface area contributed by atoms with Crippen molar-refractivity contribution in [3.05, 3.63) is 67.3 Å². The molecule has 0 unspecified atom stereocenters. The van der Waals surface area contributed by atoms with Gasteiger partial charge in [0.25, 0.3) is 23.2 Å². The molecule has 2 N–H and O–H groups in total. The van der Waals surface area contributed by atoms with E-state index in [4.69, 9.17) is 9.47 Å². The van der Waals surface area contributed by atoms with Crippen LogP contribution in [0.15, 0.2) is 35.4 Å². The van der Waals surface area contributed by atoms with E-state index in [-0.39, 0.29) is 24.7 Å². The van der Waals surface area contributed by atoms with Gasteiger partial charge in [-0.05, 0) is 37.0 Å². The standard InChI is InChI=1S/C22H23N5O8/c1-12(2)4-18(24-21(28)14-6-16(26(30)31)9-17(7-14)27(32)33)22(29)25-23-10-15-8-20-19(5-13(15)3)34-11-35-20/h5-10,12,18H,4,11H2,1-3H3,(H,24,28)(H,25,29)/b23-10-/t18-/m0/s1. The summed E-state index contributed by atoms with van der Waals surface area (Å²) in [5, 5.41) is 28.7. The number of non-ortho nitro benzene ring substituents is 2. The summed E-state index contributed by atoms with van der Waals surface area (Å²) in [5.74, 6) is -0.329. The van der Waals surface area contributed by atoms with Crippen LogP contribution >= 0.6 is 0 Å². The van der Waals surface area contributed by atoms with Crippen LogP contribution in [0.3, 0.4) is 0 Å². The third-order valence-electron chi connectivity index (χ3n) is 5.05. The quantitative estimate of drug-likeness (QED) is 0.309. The smallest absolute Gasteiger partial charge is 0.277 e. The van der Waals surface area contributed by atoms with Crippen molar-refractivity contribution in [2.45, 2.75) is 33.2 Å². The van der Waals surface area contributed by atoms with E-state index in [0.717, 1.165) is 23.8 Å². The molecule has 184 valence electrons. The zero-order valence-corrected chi connectivity index (χ0v) is 19.1. The number of ether oxygens (including phenoxy) is 2. The topological polar surface area (TPSA) is 175 Å². The number of amides is 2. The molecule has 0 radical (unpaired) electrons. The number of hydrogen-bond donors (Lipinski definition) is 2. The average molecular weight is 485 g/mol. The molecular weight excluding hydrogens is 462 g/mol. The van der Waals surface area contributed by atoms with Crippen LogP contribution < -0.4 is 20.2 Å². The highest BCUT2D eigenvalue weighted by Crippen LogP contribution is 2.34. The summed E-state index contributed by atoms with van der Waals surface area (Å²) in [4.78, 5) is 46.0. The van der Waals surface area contributed by atoms with Gasteiger partial charge in [0.2, 0.25) is 6.79 Å². The lowest BCUT2D eigenvalue weighted by Crippen LogP contribution is -2.46. The molecule has 13 heteroatoms. The van der Waals surface area contributed by atoms with Crippen LogP contribution in [-0.4, -0.2) is 40.7 Å². The second kappa shape index (κ2) is 10.6. The molecule has 1 aliphatic heterocycles. The summed E-state index contributed by atoms with van der Waals surface area (Å²) in [6, 6.07) is 5.03. The summed E-state index contributed by atoms with van der Waals surface area (Å²) in [6.07, 6.45) is 1.65. The van der Waals surface area contributed by atoms with Crippen molar-refractivity contribution < 1.29 is 28.9 Å². The summed E-state index contributed by atoms with van der Waals surface area (Å²) >= 11 is 0. The number of nitro benzene ring substituents is 2. The molecule has 1 heterocycles. The molecule has 0 saturated heterocycles. The highest BCUT2D eigenvalue weighted by Gasteiger charge is 2.25. The highest BCUT2D eigenvalue weighted by molar-refractivity contribution is 5.98. The number of hydrogen-bond acceptors (Lipinski definition) is 9. The van der Waals surface area contributed by atoms with Crippen molar-refractivity contribution >= 4 is 29.4 Å². The fourth-order valence-electron chi connectivity index (χ4n) is 3.32. The first-order valence-corrected chi connectivity index (χ1v) is 10.5. The monoisotopic (exact) mass is 485 g/mol. The molecule has 1 atom stereocenters. The first kappa shape index (κ1) is 25.1. The van der Waals surface area contributed by atoms with Crippen LogP contribution in [0, 0.1) is 33.1 Å². The lowest BCUT2D eigenvalue weighted by Gasteiger charge is -2.19. The Morgan fingerprint density at radius 2 is 1.66 bits per heavy atom. The molecule has 0 aromatic heterocycles. The third-order valence-corrected chi connectivity index (χ3v) is 5.05. The van der Waals surface area contributed by atoms with Crippen molar-refractivity contribution in [2.75, 3.05) is 6.79 Å². The molecule has 35 heavy (non-hydrogen) atoms. The molecule has 0 saturated carbocycles. The van der Waals surface area contributed by atoms with Crippen LogP contribution in [0.4, 0.5) is 11.4 Å². The zero-order valence-electron chi connectivity index (χ0n) is 19.1. The number of fused-ring (bicyclic) bond motifs is 1. The number of carbonyl (C=O) groups excluding carboxylic acids is 2. The molecule has 2 aromatic rings. The van der Waals surface area contributed by atoms with E-state index in [2.05, 4.69) is 15.8 Å². The first-order chi connectivity index (χ1) is 16.5. The van der Waals surface area contributed by atoms with Crippen molar-refractivity contribution in [1.82, 2.24) is 10.7 Å². The van der Waals surface area contributed by atoms with E-state index in [0.29, 0.717) is 17.1 Å². The van der Waals surface area contributed by atoms with Crippen LogP contribution in [0.1, 0.15) is 41.8 Å². The lowest BCUT2D eigenvalue weighted by molar-refractivity contribution is -0.394. The summed E-state index contributed by atoms with van der Waals surface area (Å²) in [7, 11) is 0. The molecule has 2 aromatic carbocycles. The summed E-state index contributed by atoms with van der Waals surface area (Å²) in [6.45, 7) is 5.63. The van der Waals surface area contributed by atoms with Gasteiger partial charge < -0.3 is 14.8 Å².